The first-order chi connectivity index (χ1) is 8.31. The maximum absolute atomic E-state index is 5.38. The number of thioether (sulfide) groups is 1. The van der Waals surface area contributed by atoms with Crippen LogP contribution >= 0.6 is 11.8 Å². The van der Waals surface area contributed by atoms with Gasteiger partial charge in [-0.05, 0) is 12.5 Å². The largest absolute Gasteiger partial charge is 0.308 e. The van der Waals surface area contributed by atoms with Crippen molar-refractivity contribution in [2.75, 3.05) is 5.43 Å². The molecule has 2 aromatic rings. The molecule has 0 unspecified atom stereocenters. The number of rotatable bonds is 4. The van der Waals surface area contributed by atoms with Crippen LogP contribution in [-0.4, -0.2) is 9.97 Å². The summed E-state index contributed by atoms with van der Waals surface area (Å²) in [4.78, 5) is 8.31. The Kier molecular flexibility index (Phi) is 3.95. The molecule has 1 aromatic carbocycles. The summed E-state index contributed by atoms with van der Waals surface area (Å²) >= 11 is 1.68. The molecule has 5 heteroatoms. The van der Waals surface area contributed by atoms with Gasteiger partial charge in [0, 0.05) is 11.3 Å². The van der Waals surface area contributed by atoms with Crippen LogP contribution in [0.5, 0.6) is 0 Å². The summed E-state index contributed by atoms with van der Waals surface area (Å²) in [5, 5.41) is 0.955. The second-order valence-electron chi connectivity index (χ2n) is 3.57. The van der Waals surface area contributed by atoms with Gasteiger partial charge in [0.1, 0.15) is 17.2 Å². The molecule has 0 bridgehead atoms. The standard InChI is InChI=1S/C12H14N4S/c1-9-11(16-13)14-8-15-12(9)17-7-10-5-3-2-4-6-10/h2-6,8H,7,13H2,1H3,(H,14,15,16). The number of hydrogen-bond acceptors (Lipinski definition) is 5. The van der Waals surface area contributed by atoms with Crippen LogP contribution in [0, 0.1) is 6.92 Å². The molecule has 4 nitrogen and oxygen atoms in total. The van der Waals surface area contributed by atoms with E-state index in [9.17, 15) is 0 Å². The first-order valence-corrected chi connectivity index (χ1v) is 6.24. The molecule has 2 rings (SSSR count). The van der Waals surface area contributed by atoms with Crippen molar-refractivity contribution in [2.24, 2.45) is 5.84 Å². The summed E-state index contributed by atoms with van der Waals surface area (Å²) in [6, 6.07) is 10.3. The van der Waals surface area contributed by atoms with Crippen molar-refractivity contribution >= 4 is 17.6 Å². The molecule has 0 saturated carbocycles. The number of hydrogen-bond donors (Lipinski definition) is 2. The van der Waals surface area contributed by atoms with Gasteiger partial charge in [-0.3, -0.25) is 0 Å². The zero-order valence-electron chi connectivity index (χ0n) is 9.55. The Morgan fingerprint density at radius 3 is 2.71 bits per heavy atom. The predicted octanol–water partition coefficient (Wildman–Crippen LogP) is 2.36. The molecule has 0 atom stereocenters. The number of nitrogen functional groups attached to an aromatic ring is 1. The summed E-state index contributed by atoms with van der Waals surface area (Å²) in [5.41, 5.74) is 4.83. The SMILES string of the molecule is Cc1c(NN)ncnc1SCc1ccccc1. The number of benzene rings is 1. The molecule has 0 radical (unpaired) electrons. The van der Waals surface area contributed by atoms with Gasteiger partial charge in [0.2, 0.25) is 0 Å². The van der Waals surface area contributed by atoms with Gasteiger partial charge >= 0.3 is 0 Å². The number of hydrazine groups is 1. The van der Waals surface area contributed by atoms with Crippen molar-refractivity contribution in [1.29, 1.82) is 0 Å². The molecule has 0 fully saturated rings. The molecular formula is C12H14N4S. The molecule has 0 spiro atoms. The number of nitrogens with zero attached hydrogens (tertiary/aromatic N) is 2. The van der Waals surface area contributed by atoms with Crippen LogP contribution in [0.2, 0.25) is 0 Å². The first-order valence-electron chi connectivity index (χ1n) is 5.26. The normalized spacial score (nSPS) is 10.2. The molecule has 0 aliphatic heterocycles. The molecule has 0 saturated heterocycles. The van der Waals surface area contributed by atoms with Crippen LogP contribution < -0.4 is 11.3 Å². The Labute approximate surface area is 105 Å². The maximum atomic E-state index is 5.38. The molecule has 88 valence electrons. The molecule has 1 aromatic heterocycles. The van der Waals surface area contributed by atoms with Gasteiger partial charge < -0.3 is 5.43 Å². The third kappa shape index (κ3) is 2.95. The van der Waals surface area contributed by atoms with Crippen molar-refractivity contribution in [2.45, 2.75) is 17.7 Å². The van der Waals surface area contributed by atoms with Gasteiger partial charge in [-0.1, -0.05) is 30.3 Å². The molecule has 1 heterocycles. The lowest BCUT2D eigenvalue weighted by atomic mass is 10.2. The third-order valence-electron chi connectivity index (χ3n) is 2.39. The van der Waals surface area contributed by atoms with Crippen molar-refractivity contribution in [3.05, 3.63) is 47.8 Å². The third-order valence-corrected chi connectivity index (χ3v) is 3.56. The zero-order chi connectivity index (χ0) is 12.1. The zero-order valence-corrected chi connectivity index (χ0v) is 10.4. The van der Waals surface area contributed by atoms with Crippen LogP contribution in [-0.2, 0) is 5.75 Å². The fourth-order valence-electron chi connectivity index (χ4n) is 1.45. The van der Waals surface area contributed by atoms with E-state index >= 15 is 0 Å². The van der Waals surface area contributed by atoms with Crippen LogP contribution in [0.25, 0.3) is 0 Å². The van der Waals surface area contributed by atoms with E-state index < -0.39 is 0 Å². The highest BCUT2D eigenvalue weighted by molar-refractivity contribution is 7.98. The van der Waals surface area contributed by atoms with E-state index in [-0.39, 0.29) is 0 Å². The number of nitrogens with two attached hydrogens (primary N) is 1. The molecule has 3 N–H and O–H groups in total. The van der Waals surface area contributed by atoms with E-state index in [1.54, 1.807) is 11.8 Å². The van der Waals surface area contributed by atoms with Gasteiger partial charge in [0.05, 0.1) is 0 Å². The molecular weight excluding hydrogens is 232 g/mol. The van der Waals surface area contributed by atoms with E-state index in [1.807, 2.05) is 25.1 Å². The van der Waals surface area contributed by atoms with E-state index in [0.717, 1.165) is 16.3 Å². The lowest BCUT2D eigenvalue weighted by molar-refractivity contribution is 0.996. The summed E-state index contributed by atoms with van der Waals surface area (Å²) in [7, 11) is 0. The lowest BCUT2D eigenvalue weighted by Gasteiger charge is -2.07. The predicted molar refractivity (Wildman–Crippen MR) is 70.6 cm³/mol. The smallest absolute Gasteiger partial charge is 0.147 e. The first kappa shape index (κ1) is 11.9. The monoisotopic (exact) mass is 246 g/mol. The van der Waals surface area contributed by atoms with Crippen LogP contribution in [0.4, 0.5) is 5.82 Å². The molecule has 0 aliphatic carbocycles. The molecule has 17 heavy (non-hydrogen) atoms. The Hall–Kier alpha value is -1.59. The Bertz CT molecular complexity index is 487. The summed E-state index contributed by atoms with van der Waals surface area (Å²) in [6.07, 6.45) is 1.52. The summed E-state index contributed by atoms with van der Waals surface area (Å²) < 4.78 is 0. The molecule has 0 amide bonds. The van der Waals surface area contributed by atoms with Crippen molar-refractivity contribution in [3.63, 3.8) is 0 Å². The van der Waals surface area contributed by atoms with Crippen LogP contribution in [0.3, 0.4) is 0 Å². The van der Waals surface area contributed by atoms with Crippen LogP contribution in [0.15, 0.2) is 41.7 Å². The van der Waals surface area contributed by atoms with Gasteiger partial charge in [0.25, 0.3) is 0 Å². The maximum Gasteiger partial charge on any atom is 0.147 e. The van der Waals surface area contributed by atoms with E-state index in [1.165, 1.54) is 11.9 Å². The van der Waals surface area contributed by atoms with Gasteiger partial charge in [-0.25, -0.2) is 15.8 Å². The minimum absolute atomic E-state index is 0.676. The number of anilines is 1. The average molecular weight is 246 g/mol. The highest BCUT2D eigenvalue weighted by Crippen LogP contribution is 2.26. The highest BCUT2D eigenvalue weighted by atomic mass is 32.2. The lowest BCUT2D eigenvalue weighted by Crippen LogP contribution is -2.10. The van der Waals surface area contributed by atoms with Crippen LogP contribution in [0.1, 0.15) is 11.1 Å². The highest BCUT2D eigenvalue weighted by Gasteiger charge is 2.06. The van der Waals surface area contributed by atoms with Gasteiger partial charge in [-0.15, -0.1) is 11.8 Å². The van der Waals surface area contributed by atoms with Crippen molar-refractivity contribution in [3.8, 4) is 0 Å². The molecule has 0 aliphatic rings. The van der Waals surface area contributed by atoms with Crippen molar-refractivity contribution in [1.82, 2.24) is 9.97 Å². The van der Waals surface area contributed by atoms with Crippen molar-refractivity contribution < 1.29 is 0 Å². The van der Waals surface area contributed by atoms with E-state index in [2.05, 4.69) is 27.5 Å². The van der Waals surface area contributed by atoms with Gasteiger partial charge in [-0.2, -0.15) is 0 Å². The van der Waals surface area contributed by atoms with E-state index in [4.69, 9.17) is 5.84 Å². The quantitative estimate of drug-likeness (QED) is 0.375. The average Bonchev–Trinajstić information content (AvgIpc) is 2.39. The topological polar surface area (TPSA) is 63.8 Å². The Balaban J connectivity index is 2.09. The minimum Gasteiger partial charge on any atom is -0.308 e. The van der Waals surface area contributed by atoms with Gasteiger partial charge in [0.15, 0.2) is 0 Å². The fraction of sp³-hybridized carbons (Fsp3) is 0.167. The second kappa shape index (κ2) is 5.65. The summed E-state index contributed by atoms with van der Waals surface area (Å²) in [6.45, 7) is 1.96. The summed E-state index contributed by atoms with van der Waals surface area (Å²) in [5.74, 6) is 6.95. The fourth-order valence-corrected chi connectivity index (χ4v) is 2.38. The minimum atomic E-state index is 0.676. The van der Waals surface area contributed by atoms with E-state index in [0.29, 0.717) is 5.82 Å². The Morgan fingerprint density at radius 2 is 2.00 bits per heavy atom. The second-order valence-corrected chi connectivity index (χ2v) is 4.54. The number of nitrogens with one attached hydrogen (secondary N) is 1. The Morgan fingerprint density at radius 1 is 1.24 bits per heavy atom. The number of aromatic nitrogens is 2.